The van der Waals surface area contributed by atoms with Gasteiger partial charge in [0.05, 0.1) is 6.10 Å². The Labute approximate surface area is 89.8 Å². The molecule has 2 atom stereocenters. The van der Waals surface area contributed by atoms with E-state index in [2.05, 4.69) is 5.32 Å². The molecule has 3 heteroatoms. The number of hydrogen-bond donors (Lipinski definition) is 3. The first-order chi connectivity index (χ1) is 7.27. The van der Waals surface area contributed by atoms with E-state index in [1.54, 1.807) is 6.07 Å². The number of phenols is 1. The highest BCUT2D eigenvalue weighted by Crippen LogP contribution is 2.20. The Morgan fingerprint density at radius 2 is 2.07 bits per heavy atom. The molecule has 0 spiro atoms. The molecular weight excluding hydrogens is 190 g/mol. The van der Waals surface area contributed by atoms with E-state index in [0.29, 0.717) is 12.3 Å². The van der Waals surface area contributed by atoms with Crippen LogP contribution in [0.2, 0.25) is 0 Å². The van der Waals surface area contributed by atoms with Gasteiger partial charge in [0.15, 0.2) is 0 Å². The number of nitrogens with one attached hydrogen (secondary N) is 1. The number of aliphatic hydroxyl groups is 1. The van der Waals surface area contributed by atoms with Gasteiger partial charge >= 0.3 is 0 Å². The van der Waals surface area contributed by atoms with Gasteiger partial charge in [-0.3, -0.25) is 0 Å². The summed E-state index contributed by atoms with van der Waals surface area (Å²) in [5, 5.41) is 22.4. The maximum Gasteiger partial charge on any atom is 0.120 e. The van der Waals surface area contributed by atoms with Crippen molar-refractivity contribution >= 4 is 0 Å². The average molecular weight is 207 g/mol. The molecule has 0 aliphatic heterocycles. The summed E-state index contributed by atoms with van der Waals surface area (Å²) < 4.78 is 0. The Hall–Kier alpha value is -1.06. The first kappa shape index (κ1) is 10.5. The van der Waals surface area contributed by atoms with E-state index in [4.69, 9.17) is 0 Å². The van der Waals surface area contributed by atoms with Crippen LogP contribution in [-0.2, 0) is 6.54 Å². The van der Waals surface area contributed by atoms with Crippen LogP contribution in [0, 0.1) is 0 Å². The van der Waals surface area contributed by atoms with Gasteiger partial charge in [-0.2, -0.15) is 0 Å². The molecule has 3 N–H and O–H groups in total. The summed E-state index contributed by atoms with van der Waals surface area (Å²) in [5.41, 5.74) is 0.886. The van der Waals surface area contributed by atoms with Crippen molar-refractivity contribution in [3.63, 3.8) is 0 Å². The molecule has 0 aromatic heterocycles. The molecule has 1 aromatic rings. The highest BCUT2D eigenvalue weighted by atomic mass is 16.3. The Morgan fingerprint density at radius 1 is 1.27 bits per heavy atom. The van der Waals surface area contributed by atoms with Gasteiger partial charge < -0.3 is 15.5 Å². The normalized spacial score (nSPS) is 25.7. The van der Waals surface area contributed by atoms with E-state index in [-0.39, 0.29) is 12.1 Å². The highest BCUT2D eigenvalue weighted by molar-refractivity contribution is 5.31. The van der Waals surface area contributed by atoms with Crippen molar-refractivity contribution in [1.29, 1.82) is 0 Å². The molecule has 1 aliphatic rings. The van der Waals surface area contributed by atoms with Crippen LogP contribution < -0.4 is 5.32 Å². The minimum absolute atomic E-state index is 0.185. The molecule has 1 saturated carbocycles. The Morgan fingerprint density at radius 3 is 2.73 bits per heavy atom. The number of para-hydroxylation sites is 1. The molecule has 0 bridgehead atoms. The van der Waals surface area contributed by atoms with Crippen molar-refractivity contribution in [3.8, 4) is 5.75 Å². The smallest absolute Gasteiger partial charge is 0.120 e. The standard InChI is InChI=1S/C12H17NO2/c14-11-6-2-1-4-9(11)8-13-10-5-3-7-12(10)15/h1-2,4,6,10,12-15H,3,5,7-8H2/t10-,12-/m0/s1. The molecule has 0 amide bonds. The third-order valence-electron chi connectivity index (χ3n) is 3.03. The lowest BCUT2D eigenvalue weighted by Crippen LogP contribution is -2.35. The first-order valence-electron chi connectivity index (χ1n) is 5.45. The van der Waals surface area contributed by atoms with Gasteiger partial charge in [0, 0.05) is 18.2 Å². The topological polar surface area (TPSA) is 52.5 Å². The third-order valence-corrected chi connectivity index (χ3v) is 3.03. The van der Waals surface area contributed by atoms with Crippen LogP contribution >= 0.6 is 0 Å². The number of rotatable bonds is 3. The molecule has 15 heavy (non-hydrogen) atoms. The fourth-order valence-electron chi connectivity index (χ4n) is 2.08. The zero-order valence-corrected chi connectivity index (χ0v) is 8.69. The Balaban J connectivity index is 1.90. The van der Waals surface area contributed by atoms with Gasteiger partial charge in [0.25, 0.3) is 0 Å². The quantitative estimate of drug-likeness (QED) is 0.702. The fourth-order valence-corrected chi connectivity index (χ4v) is 2.08. The van der Waals surface area contributed by atoms with Crippen LogP contribution in [0.3, 0.4) is 0 Å². The Kier molecular flexibility index (Phi) is 3.23. The van der Waals surface area contributed by atoms with Crippen molar-refractivity contribution in [2.45, 2.75) is 38.0 Å². The summed E-state index contributed by atoms with van der Waals surface area (Å²) in [6.45, 7) is 0.619. The van der Waals surface area contributed by atoms with Crippen LogP contribution in [-0.4, -0.2) is 22.4 Å². The van der Waals surface area contributed by atoms with Crippen molar-refractivity contribution in [2.24, 2.45) is 0 Å². The van der Waals surface area contributed by atoms with Crippen LogP contribution in [0.4, 0.5) is 0 Å². The first-order valence-corrected chi connectivity index (χ1v) is 5.45. The summed E-state index contributed by atoms with van der Waals surface area (Å²) in [6, 6.07) is 7.47. The van der Waals surface area contributed by atoms with Crippen molar-refractivity contribution in [1.82, 2.24) is 5.32 Å². The number of aromatic hydroxyl groups is 1. The largest absolute Gasteiger partial charge is 0.508 e. The molecular formula is C12H17NO2. The summed E-state index contributed by atoms with van der Waals surface area (Å²) in [5.74, 6) is 0.317. The zero-order chi connectivity index (χ0) is 10.7. The summed E-state index contributed by atoms with van der Waals surface area (Å²) in [4.78, 5) is 0. The van der Waals surface area contributed by atoms with E-state index in [1.165, 1.54) is 0 Å². The molecule has 3 nitrogen and oxygen atoms in total. The molecule has 2 rings (SSSR count). The maximum atomic E-state index is 9.61. The number of hydrogen-bond acceptors (Lipinski definition) is 3. The van der Waals surface area contributed by atoms with E-state index < -0.39 is 0 Å². The van der Waals surface area contributed by atoms with Gasteiger partial charge in [-0.05, 0) is 25.3 Å². The van der Waals surface area contributed by atoms with Gasteiger partial charge in [-0.1, -0.05) is 18.2 Å². The monoisotopic (exact) mass is 207 g/mol. The van der Waals surface area contributed by atoms with Crippen molar-refractivity contribution in [3.05, 3.63) is 29.8 Å². The SMILES string of the molecule is Oc1ccccc1CN[C@H]1CCC[C@@H]1O. The second-order valence-corrected chi connectivity index (χ2v) is 4.11. The van der Waals surface area contributed by atoms with E-state index in [1.807, 2.05) is 18.2 Å². The molecule has 82 valence electrons. The van der Waals surface area contributed by atoms with Gasteiger partial charge in [-0.25, -0.2) is 0 Å². The van der Waals surface area contributed by atoms with E-state index in [9.17, 15) is 10.2 Å². The van der Waals surface area contributed by atoms with E-state index in [0.717, 1.165) is 24.8 Å². The maximum absolute atomic E-state index is 9.61. The van der Waals surface area contributed by atoms with Crippen LogP contribution in [0.5, 0.6) is 5.75 Å². The second kappa shape index (κ2) is 4.64. The average Bonchev–Trinajstić information content (AvgIpc) is 2.63. The van der Waals surface area contributed by atoms with E-state index >= 15 is 0 Å². The number of phenolic OH excluding ortho intramolecular Hbond substituents is 1. The molecule has 1 aliphatic carbocycles. The molecule has 0 heterocycles. The summed E-state index contributed by atoms with van der Waals surface area (Å²) in [6.07, 6.45) is 2.77. The molecule has 1 aromatic carbocycles. The summed E-state index contributed by atoms with van der Waals surface area (Å²) >= 11 is 0. The van der Waals surface area contributed by atoms with Crippen LogP contribution in [0.15, 0.2) is 24.3 Å². The molecule has 0 saturated heterocycles. The van der Waals surface area contributed by atoms with Crippen molar-refractivity contribution in [2.75, 3.05) is 0 Å². The zero-order valence-electron chi connectivity index (χ0n) is 8.69. The minimum atomic E-state index is -0.226. The minimum Gasteiger partial charge on any atom is -0.508 e. The van der Waals surface area contributed by atoms with Gasteiger partial charge in [0.1, 0.15) is 5.75 Å². The predicted octanol–water partition coefficient (Wildman–Crippen LogP) is 1.40. The fraction of sp³-hybridized carbons (Fsp3) is 0.500. The molecule has 0 radical (unpaired) electrons. The van der Waals surface area contributed by atoms with Gasteiger partial charge in [-0.15, -0.1) is 0 Å². The lowest BCUT2D eigenvalue weighted by atomic mass is 10.1. The van der Waals surface area contributed by atoms with Crippen molar-refractivity contribution < 1.29 is 10.2 Å². The van der Waals surface area contributed by atoms with Crippen LogP contribution in [0.25, 0.3) is 0 Å². The van der Waals surface area contributed by atoms with Crippen LogP contribution in [0.1, 0.15) is 24.8 Å². The lowest BCUT2D eigenvalue weighted by Gasteiger charge is -2.16. The summed E-state index contributed by atoms with van der Waals surface area (Å²) in [7, 11) is 0. The predicted molar refractivity (Wildman–Crippen MR) is 58.6 cm³/mol. The Bertz CT molecular complexity index is 327. The molecule has 0 unspecified atom stereocenters. The second-order valence-electron chi connectivity index (χ2n) is 4.11. The highest BCUT2D eigenvalue weighted by Gasteiger charge is 2.24. The number of aliphatic hydroxyl groups excluding tert-OH is 1. The lowest BCUT2D eigenvalue weighted by molar-refractivity contribution is 0.148. The number of benzene rings is 1. The molecule has 1 fully saturated rings. The van der Waals surface area contributed by atoms with Gasteiger partial charge in [0.2, 0.25) is 0 Å². The third kappa shape index (κ3) is 2.49.